The number of imidazole rings is 1. The number of carboxylic acid groups (broad SMARTS) is 1. The number of halogens is 1. The van der Waals surface area contributed by atoms with Crippen LogP contribution < -0.4 is 0 Å². The summed E-state index contributed by atoms with van der Waals surface area (Å²) in [4.78, 5) is 28.8. The summed E-state index contributed by atoms with van der Waals surface area (Å²) < 4.78 is 33.0. The highest BCUT2D eigenvalue weighted by Crippen LogP contribution is 2.33. The maximum Gasteiger partial charge on any atom is 0.356 e. The number of aromatic carboxylic acids is 1. The maximum absolute atomic E-state index is 13.5. The lowest BCUT2D eigenvalue weighted by atomic mass is 10.0. The predicted molar refractivity (Wildman–Crippen MR) is 132 cm³/mol. The summed E-state index contributed by atoms with van der Waals surface area (Å²) in [6, 6.07) is 5.84. The van der Waals surface area contributed by atoms with Crippen molar-refractivity contribution in [2.75, 3.05) is 0 Å². The number of rotatable bonds is 8. The standard InChI is InChI=1S/C27H37FN2O6/c1-16(2)23-22(25(32)33)29-24(17-8-10-18(28)11-9-17)30(23)13-12-19-14-20(35-27(6,7)34-19)15-21(31)36-26(3,4)5/h8-11,16,19-20H,12-15H2,1-7H3,(H,32,33). The fraction of sp³-hybridized carbons (Fsp3) is 0.593. The lowest BCUT2D eigenvalue weighted by Gasteiger charge is -2.41. The summed E-state index contributed by atoms with van der Waals surface area (Å²) in [6.45, 7) is 13.4. The minimum atomic E-state index is -1.11. The fourth-order valence-electron chi connectivity index (χ4n) is 4.62. The average molecular weight is 505 g/mol. The van der Waals surface area contributed by atoms with Gasteiger partial charge in [0.05, 0.1) is 24.3 Å². The van der Waals surface area contributed by atoms with Crippen LogP contribution in [0.25, 0.3) is 11.4 Å². The van der Waals surface area contributed by atoms with Crippen LogP contribution in [0.1, 0.15) is 89.8 Å². The lowest BCUT2D eigenvalue weighted by molar-refractivity contribution is -0.301. The van der Waals surface area contributed by atoms with E-state index in [1.54, 1.807) is 12.1 Å². The number of benzene rings is 1. The molecule has 0 bridgehead atoms. The van der Waals surface area contributed by atoms with Gasteiger partial charge in [0.2, 0.25) is 0 Å². The quantitative estimate of drug-likeness (QED) is 0.471. The van der Waals surface area contributed by atoms with Crippen LogP contribution in [0.3, 0.4) is 0 Å². The third kappa shape index (κ3) is 7.13. The summed E-state index contributed by atoms with van der Waals surface area (Å²) >= 11 is 0. The van der Waals surface area contributed by atoms with E-state index in [-0.39, 0.29) is 42.0 Å². The zero-order valence-electron chi connectivity index (χ0n) is 22.1. The Morgan fingerprint density at radius 1 is 1.19 bits per heavy atom. The van der Waals surface area contributed by atoms with E-state index in [1.165, 1.54) is 12.1 Å². The number of hydrogen-bond acceptors (Lipinski definition) is 6. The van der Waals surface area contributed by atoms with Crippen molar-refractivity contribution >= 4 is 11.9 Å². The van der Waals surface area contributed by atoms with Crippen molar-refractivity contribution in [3.63, 3.8) is 0 Å². The van der Waals surface area contributed by atoms with Crippen LogP contribution >= 0.6 is 0 Å². The first-order chi connectivity index (χ1) is 16.6. The first kappa shape index (κ1) is 27.8. The molecule has 3 rings (SSSR count). The first-order valence-corrected chi connectivity index (χ1v) is 12.3. The molecule has 1 saturated heterocycles. The van der Waals surface area contributed by atoms with Crippen LogP contribution in [0.15, 0.2) is 24.3 Å². The number of aromatic nitrogens is 2. The van der Waals surface area contributed by atoms with Gasteiger partial charge in [-0.1, -0.05) is 13.8 Å². The van der Waals surface area contributed by atoms with Crippen molar-refractivity contribution < 1.29 is 33.3 Å². The van der Waals surface area contributed by atoms with Crippen LogP contribution in [0.2, 0.25) is 0 Å². The second kappa shape index (κ2) is 10.7. The molecule has 2 aromatic rings. The van der Waals surface area contributed by atoms with E-state index in [4.69, 9.17) is 14.2 Å². The van der Waals surface area contributed by atoms with Gasteiger partial charge < -0.3 is 23.9 Å². The number of ether oxygens (including phenoxy) is 3. The first-order valence-electron chi connectivity index (χ1n) is 12.3. The SMILES string of the molecule is CC(C)c1c(C(=O)O)nc(-c2ccc(F)cc2)n1CCC1CC(CC(=O)OC(C)(C)C)OC(C)(C)O1. The number of esters is 1. The molecule has 36 heavy (non-hydrogen) atoms. The molecule has 1 aliphatic rings. The van der Waals surface area contributed by atoms with E-state index in [0.29, 0.717) is 36.5 Å². The molecule has 1 aromatic carbocycles. The molecule has 1 fully saturated rings. The molecule has 9 heteroatoms. The lowest BCUT2D eigenvalue weighted by Crippen LogP contribution is -2.46. The molecule has 0 amide bonds. The molecule has 0 spiro atoms. The van der Waals surface area contributed by atoms with E-state index in [2.05, 4.69) is 4.98 Å². The van der Waals surface area contributed by atoms with Crippen molar-refractivity contribution in [1.82, 2.24) is 9.55 Å². The van der Waals surface area contributed by atoms with Gasteiger partial charge in [-0.15, -0.1) is 0 Å². The van der Waals surface area contributed by atoms with Crippen LogP contribution in [-0.2, 0) is 25.5 Å². The summed E-state index contributed by atoms with van der Waals surface area (Å²) in [5, 5.41) is 9.81. The molecule has 0 radical (unpaired) electrons. The van der Waals surface area contributed by atoms with Crippen LogP contribution in [0.4, 0.5) is 4.39 Å². The van der Waals surface area contributed by atoms with Gasteiger partial charge in [-0.2, -0.15) is 0 Å². The van der Waals surface area contributed by atoms with E-state index >= 15 is 0 Å². The van der Waals surface area contributed by atoms with Crippen molar-refractivity contribution in [2.45, 2.75) is 104 Å². The zero-order chi connectivity index (χ0) is 26.8. The second-order valence-electron chi connectivity index (χ2n) is 11.0. The molecule has 1 N–H and O–H groups in total. The van der Waals surface area contributed by atoms with Gasteiger partial charge in [-0.3, -0.25) is 4.79 Å². The van der Waals surface area contributed by atoms with Crippen molar-refractivity contribution in [2.24, 2.45) is 0 Å². The van der Waals surface area contributed by atoms with Gasteiger partial charge in [0.15, 0.2) is 11.5 Å². The summed E-state index contributed by atoms with van der Waals surface area (Å²) in [7, 11) is 0. The molecular weight excluding hydrogens is 467 g/mol. The topological polar surface area (TPSA) is 99.9 Å². The molecule has 8 nitrogen and oxygen atoms in total. The monoisotopic (exact) mass is 504 g/mol. The molecule has 2 atom stereocenters. The highest BCUT2D eigenvalue weighted by atomic mass is 19.1. The number of carbonyl (C=O) groups is 2. The molecular formula is C27H37FN2O6. The Morgan fingerprint density at radius 3 is 2.36 bits per heavy atom. The Balaban J connectivity index is 1.85. The number of hydrogen-bond donors (Lipinski definition) is 1. The van der Waals surface area contributed by atoms with E-state index in [1.807, 2.05) is 53.0 Å². The van der Waals surface area contributed by atoms with Gasteiger partial charge in [-0.05, 0) is 71.2 Å². The maximum atomic E-state index is 13.5. The van der Waals surface area contributed by atoms with E-state index in [9.17, 15) is 19.1 Å². The van der Waals surface area contributed by atoms with E-state index in [0.717, 1.165) is 0 Å². The Bertz CT molecular complexity index is 1080. The van der Waals surface area contributed by atoms with Gasteiger partial charge in [0.1, 0.15) is 17.2 Å². The highest BCUT2D eigenvalue weighted by Gasteiger charge is 2.37. The van der Waals surface area contributed by atoms with Gasteiger partial charge >= 0.3 is 11.9 Å². The largest absolute Gasteiger partial charge is 0.476 e. The Morgan fingerprint density at radius 2 is 1.81 bits per heavy atom. The molecule has 198 valence electrons. The van der Waals surface area contributed by atoms with Crippen molar-refractivity contribution in [1.29, 1.82) is 0 Å². The summed E-state index contributed by atoms with van der Waals surface area (Å²) in [5.74, 6) is -2.35. The Kier molecular flexibility index (Phi) is 8.25. The average Bonchev–Trinajstić information content (AvgIpc) is 3.10. The zero-order valence-corrected chi connectivity index (χ0v) is 22.1. The normalized spacial score (nSPS) is 19.9. The third-order valence-corrected chi connectivity index (χ3v) is 5.77. The number of nitrogens with zero attached hydrogens (tertiary/aromatic N) is 2. The van der Waals surface area contributed by atoms with Crippen LogP contribution in [0, 0.1) is 5.82 Å². The van der Waals surface area contributed by atoms with Crippen LogP contribution in [-0.4, -0.2) is 50.2 Å². The third-order valence-electron chi connectivity index (χ3n) is 5.77. The van der Waals surface area contributed by atoms with Crippen LogP contribution in [0.5, 0.6) is 0 Å². The molecule has 2 unspecified atom stereocenters. The second-order valence-corrected chi connectivity index (χ2v) is 11.0. The fourth-order valence-corrected chi connectivity index (χ4v) is 4.62. The summed E-state index contributed by atoms with van der Waals surface area (Å²) in [5.41, 5.74) is 0.630. The van der Waals surface area contributed by atoms with Gasteiger partial charge in [0, 0.05) is 18.5 Å². The predicted octanol–water partition coefficient (Wildman–Crippen LogP) is 5.54. The Labute approximate surface area is 211 Å². The molecule has 0 aliphatic carbocycles. The highest BCUT2D eigenvalue weighted by molar-refractivity contribution is 5.88. The van der Waals surface area contributed by atoms with Gasteiger partial charge in [0.25, 0.3) is 0 Å². The molecule has 2 heterocycles. The molecule has 1 aromatic heterocycles. The number of carbonyl (C=O) groups excluding carboxylic acids is 1. The summed E-state index contributed by atoms with van der Waals surface area (Å²) in [6.07, 6.45) is 0.546. The minimum absolute atomic E-state index is 0.0136. The molecule has 0 saturated carbocycles. The Hall–Kier alpha value is -2.78. The van der Waals surface area contributed by atoms with E-state index < -0.39 is 17.4 Å². The number of carboxylic acids is 1. The van der Waals surface area contributed by atoms with Crippen molar-refractivity contribution in [3.05, 3.63) is 41.5 Å². The molecule has 1 aliphatic heterocycles. The minimum Gasteiger partial charge on any atom is -0.476 e. The van der Waals surface area contributed by atoms with Gasteiger partial charge in [-0.25, -0.2) is 14.2 Å². The smallest absolute Gasteiger partial charge is 0.356 e. The van der Waals surface area contributed by atoms with Crippen molar-refractivity contribution in [3.8, 4) is 11.4 Å².